The SMILES string of the molecule is Cc1cccc(Cl)c1N1CC=C[C@]23S[C@@]4(C)C=CCCOC(=O)[C@H]4[C@H]2C(=O)N([C@@H](CO)C(C)C)C3C1=O. The number of nitrogens with zero attached hydrogens (tertiary/aromatic N) is 2. The fourth-order valence-electron chi connectivity index (χ4n) is 6.57. The number of aryl methyl sites for hydroxylation is 1. The van der Waals surface area contributed by atoms with Crippen LogP contribution in [-0.2, 0) is 19.1 Å². The first-order chi connectivity index (χ1) is 17.6. The Morgan fingerprint density at radius 3 is 2.59 bits per heavy atom. The van der Waals surface area contributed by atoms with Gasteiger partial charge in [-0.05, 0) is 37.8 Å². The van der Waals surface area contributed by atoms with Crippen molar-refractivity contribution in [1.82, 2.24) is 4.90 Å². The maximum absolute atomic E-state index is 14.6. The number of thioether (sulfide) groups is 1. The van der Waals surface area contributed by atoms with Crippen molar-refractivity contribution in [2.75, 3.05) is 24.7 Å². The first-order valence-electron chi connectivity index (χ1n) is 12.8. The molecule has 0 bridgehead atoms. The lowest BCUT2D eigenvalue weighted by Crippen LogP contribution is -2.58. The topological polar surface area (TPSA) is 87.2 Å². The van der Waals surface area contributed by atoms with E-state index in [1.807, 2.05) is 64.1 Å². The molecular formula is C28H33ClN2O5S. The molecule has 1 unspecified atom stereocenters. The van der Waals surface area contributed by atoms with Gasteiger partial charge in [0.15, 0.2) is 0 Å². The van der Waals surface area contributed by atoms with Gasteiger partial charge in [-0.15, -0.1) is 11.8 Å². The number of cyclic esters (lactones) is 1. The number of carbonyl (C=O) groups excluding carboxylic acids is 3. The van der Waals surface area contributed by atoms with Gasteiger partial charge in [0.1, 0.15) is 6.04 Å². The first-order valence-corrected chi connectivity index (χ1v) is 14.0. The highest BCUT2D eigenvalue weighted by molar-refractivity contribution is 8.02. The summed E-state index contributed by atoms with van der Waals surface area (Å²) >= 11 is 8.10. The number of ether oxygens (including phenoxy) is 1. The number of amides is 2. The third-order valence-corrected chi connectivity index (χ3v) is 10.3. The molecule has 37 heavy (non-hydrogen) atoms. The molecule has 5 rings (SSSR count). The summed E-state index contributed by atoms with van der Waals surface area (Å²) in [6.07, 6.45) is 8.48. The van der Waals surface area contributed by atoms with Gasteiger partial charge in [0.05, 0.1) is 46.5 Å². The van der Waals surface area contributed by atoms with Gasteiger partial charge in [-0.25, -0.2) is 0 Å². The molecule has 0 radical (unpaired) electrons. The summed E-state index contributed by atoms with van der Waals surface area (Å²) in [7, 11) is 0. The number of esters is 1. The van der Waals surface area contributed by atoms with E-state index in [9.17, 15) is 19.5 Å². The quantitative estimate of drug-likeness (QED) is 0.459. The number of hydrogen-bond donors (Lipinski definition) is 1. The van der Waals surface area contributed by atoms with E-state index in [0.29, 0.717) is 17.1 Å². The second-order valence-corrected chi connectivity index (χ2v) is 13.0. The van der Waals surface area contributed by atoms with Gasteiger partial charge in [-0.1, -0.05) is 61.9 Å². The highest BCUT2D eigenvalue weighted by Gasteiger charge is 2.74. The summed E-state index contributed by atoms with van der Waals surface area (Å²) in [6, 6.07) is 3.98. The zero-order chi connectivity index (χ0) is 26.7. The molecular weight excluding hydrogens is 512 g/mol. The molecule has 0 saturated carbocycles. The van der Waals surface area contributed by atoms with Crippen LogP contribution in [0.1, 0.15) is 32.8 Å². The lowest BCUT2D eigenvalue weighted by atomic mass is 9.74. The minimum atomic E-state index is -1.01. The van der Waals surface area contributed by atoms with Crippen LogP contribution in [0.15, 0.2) is 42.5 Å². The van der Waals surface area contributed by atoms with Gasteiger partial charge in [-0.3, -0.25) is 14.4 Å². The molecule has 2 saturated heterocycles. The third kappa shape index (κ3) is 3.86. The van der Waals surface area contributed by atoms with Crippen molar-refractivity contribution in [3.63, 3.8) is 0 Å². The van der Waals surface area contributed by atoms with Crippen LogP contribution in [0, 0.1) is 24.7 Å². The average molecular weight is 545 g/mol. The fourth-order valence-corrected chi connectivity index (χ4v) is 9.03. The van der Waals surface area contributed by atoms with Crippen LogP contribution >= 0.6 is 23.4 Å². The molecule has 4 heterocycles. The van der Waals surface area contributed by atoms with Crippen molar-refractivity contribution in [3.05, 3.63) is 53.1 Å². The van der Waals surface area contributed by atoms with Gasteiger partial charge in [0.25, 0.3) is 5.91 Å². The van der Waals surface area contributed by atoms with E-state index in [-0.39, 0.29) is 37.5 Å². The number of fused-ring (bicyclic) bond motifs is 2. The Morgan fingerprint density at radius 2 is 1.92 bits per heavy atom. The Hall–Kier alpha value is -2.29. The number of benzene rings is 1. The van der Waals surface area contributed by atoms with Crippen molar-refractivity contribution >= 4 is 46.8 Å². The van der Waals surface area contributed by atoms with Crippen molar-refractivity contribution in [2.24, 2.45) is 17.8 Å². The van der Waals surface area contributed by atoms with Gasteiger partial charge < -0.3 is 19.6 Å². The van der Waals surface area contributed by atoms with Crippen LogP contribution in [0.3, 0.4) is 0 Å². The highest BCUT2D eigenvalue weighted by Crippen LogP contribution is 2.65. The Balaban J connectivity index is 1.72. The lowest BCUT2D eigenvalue weighted by Gasteiger charge is -2.41. The van der Waals surface area contributed by atoms with E-state index in [1.54, 1.807) is 15.9 Å². The van der Waals surface area contributed by atoms with Crippen LogP contribution in [-0.4, -0.2) is 69.1 Å². The summed E-state index contributed by atoms with van der Waals surface area (Å²) < 4.78 is 3.85. The zero-order valence-corrected chi connectivity index (χ0v) is 23.1. The van der Waals surface area contributed by atoms with E-state index in [0.717, 1.165) is 5.56 Å². The number of likely N-dealkylation sites (tertiary alicyclic amines) is 1. The number of aliphatic hydroxyl groups is 1. The van der Waals surface area contributed by atoms with Gasteiger partial charge in [0, 0.05) is 11.3 Å². The molecule has 2 amide bonds. The Bertz CT molecular complexity index is 1180. The second-order valence-electron chi connectivity index (χ2n) is 10.9. The predicted molar refractivity (Wildman–Crippen MR) is 144 cm³/mol. The minimum absolute atomic E-state index is 0.110. The third-order valence-electron chi connectivity index (χ3n) is 8.23. The van der Waals surface area contributed by atoms with Gasteiger partial charge >= 0.3 is 5.97 Å². The number of halogens is 1. The average Bonchev–Trinajstić information content (AvgIpc) is 3.15. The first kappa shape index (κ1) is 26.3. The molecule has 1 aromatic rings. The summed E-state index contributed by atoms with van der Waals surface area (Å²) in [4.78, 5) is 45.6. The maximum atomic E-state index is 14.6. The van der Waals surface area contributed by atoms with Gasteiger partial charge in [0.2, 0.25) is 5.91 Å². The van der Waals surface area contributed by atoms with E-state index >= 15 is 0 Å². The largest absolute Gasteiger partial charge is 0.465 e. The van der Waals surface area contributed by atoms with Crippen molar-refractivity contribution in [3.8, 4) is 0 Å². The number of para-hydroxylation sites is 1. The van der Waals surface area contributed by atoms with E-state index in [4.69, 9.17) is 16.3 Å². The van der Waals surface area contributed by atoms with Crippen LogP contribution in [0.5, 0.6) is 0 Å². The van der Waals surface area contributed by atoms with Crippen LogP contribution in [0.2, 0.25) is 5.02 Å². The molecule has 9 heteroatoms. The molecule has 1 N–H and O–H groups in total. The standard InChI is InChI=1S/C28H33ClN2O5S/c1-16(2)19(15-32)31-23-25(34)30(22-17(3)9-7-10-18(22)29)13-8-12-28(23)20(24(31)33)21-26(35)36-14-6-5-11-27(21,4)37-28/h5,7-12,16,19-21,23,32H,6,13-15H2,1-4H3/t19-,20-,21+,23?,27-,28-/m0/s1. The van der Waals surface area contributed by atoms with Crippen LogP contribution in [0.25, 0.3) is 0 Å². The molecule has 0 aromatic heterocycles. The second kappa shape index (κ2) is 9.47. The summed E-state index contributed by atoms with van der Waals surface area (Å²) in [6.45, 7) is 7.95. The molecule has 7 nitrogen and oxygen atoms in total. The van der Waals surface area contributed by atoms with E-state index in [1.165, 1.54) is 11.8 Å². The molecule has 4 aliphatic heterocycles. The normalized spacial score (nSPS) is 34.0. The Kier molecular flexibility index (Phi) is 6.74. The number of anilines is 1. The predicted octanol–water partition coefficient (Wildman–Crippen LogP) is 3.76. The Morgan fingerprint density at radius 1 is 1.16 bits per heavy atom. The summed E-state index contributed by atoms with van der Waals surface area (Å²) in [5.41, 5.74) is 1.45. The smallest absolute Gasteiger partial charge is 0.311 e. The molecule has 1 aromatic carbocycles. The zero-order valence-electron chi connectivity index (χ0n) is 21.5. The number of rotatable bonds is 4. The molecule has 198 valence electrons. The molecule has 0 aliphatic carbocycles. The van der Waals surface area contributed by atoms with Crippen LogP contribution < -0.4 is 4.90 Å². The maximum Gasteiger partial charge on any atom is 0.311 e. The van der Waals surface area contributed by atoms with Crippen LogP contribution in [0.4, 0.5) is 5.69 Å². The Labute approximate surface area is 226 Å². The molecule has 2 fully saturated rings. The lowest BCUT2D eigenvalue weighted by molar-refractivity contribution is -0.154. The number of hydrogen-bond acceptors (Lipinski definition) is 6. The fraction of sp³-hybridized carbons (Fsp3) is 0.536. The van der Waals surface area contributed by atoms with E-state index < -0.39 is 39.4 Å². The van der Waals surface area contributed by atoms with Crippen molar-refractivity contribution in [2.45, 2.75) is 55.7 Å². The minimum Gasteiger partial charge on any atom is -0.465 e. The van der Waals surface area contributed by atoms with Gasteiger partial charge in [-0.2, -0.15) is 0 Å². The molecule has 4 aliphatic rings. The summed E-state index contributed by atoms with van der Waals surface area (Å²) in [5, 5.41) is 10.9. The molecule has 6 atom stereocenters. The van der Waals surface area contributed by atoms with Crippen molar-refractivity contribution < 1.29 is 24.2 Å². The summed E-state index contributed by atoms with van der Waals surface area (Å²) in [5.74, 6) is -2.64. The number of aliphatic hydroxyl groups excluding tert-OH is 1. The van der Waals surface area contributed by atoms with Crippen molar-refractivity contribution in [1.29, 1.82) is 0 Å². The van der Waals surface area contributed by atoms with E-state index in [2.05, 4.69) is 0 Å². The number of carbonyl (C=O) groups is 3. The molecule has 1 spiro atoms. The highest BCUT2D eigenvalue weighted by atomic mass is 35.5. The monoisotopic (exact) mass is 544 g/mol.